The van der Waals surface area contributed by atoms with Crippen molar-refractivity contribution in [2.45, 2.75) is 39.5 Å². The lowest BCUT2D eigenvalue weighted by Gasteiger charge is -2.10. The van der Waals surface area contributed by atoms with E-state index in [1.54, 1.807) is 23.0 Å². The number of amides is 1. The Bertz CT molecular complexity index is 1240. The van der Waals surface area contributed by atoms with Gasteiger partial charge in [0, 0.05) is 23.7 Å². The van der Waals surface area contributed by atoms with Crippen LogP contribution in [-0.4, -0.2) is 30.3 Å². The summed E-state index contributed by atoms with van der Waals surface area (Å²) in [5, 5.41) is 10.8. The molecule has 4 rings (SSSR count). The fourth-order valence-corrected chi connectivity index (χ4v) is 3.96. The van der Waals surface area contributed by atoms with Crippen molar-refractivity contribution in [1.82, 2.24) is 29.7 Å². The molecule has 0 aliphatic carbocycles. The van der Waals surface area contributed by atoms with Gasteiger partial charge in [0.15, 0.2) is 17.0 Å². The van der Waals surface area contributed by atoms with E-state index in [0.717, 1.165) is 17.4 Å². The van der Waals surface area contributed by atoms with E-state index in [0.29, 0.717) is 21.6 Å². The van der Waals surface area contributed by atoms with Gasteiger partial charge < -0.3 is 5.32 Å². The predicted molar refractivity (Wildman–Crippen MR) is 110 cm³/mol. The summed E-state index contributed by atoms with van der Waals surface area (Å²) < 4.78 is 43.5. The SMILES string of the molecule is CCc1ccc(-c2cc(C(F)(F)F)n3nc(C(=O)NCc4ccn(CC)n4)cc3n2)s1. The van der Waals surface area contributed by atoms with Crippen LogP contribution in [0.15, 0.2) is 36.5 Å². The maximum Gasteiger partial charge on any atom is 0.433 e. The summed E-state index contributed by atoms with van der Waals surface area (Å²) >= 11 is 1.39. The number of hydrogen-bond donors (Lipinski definition) is 1. The topological polar surface area (TPSA) is 77.1 Å². The highest BCUT2D eigenvalue weighted by Crippen LogP contribution is 2.34. The first-order valence-corrected chi connectivity index (χ1v) is 10.5. The van der Waals surface area contributed by atoms with E-state index in [1.807, 2.05) is 19.9 Å². The third kappa shape index (κ3) is 4.31. The second kappa shape index (κ2) is 8.14. The van der Waals surface area contributed by atoms with Crippen molar-refractivity contribution in [3.05, 3.63) is 58.5 Å². The van der Waals surface area contributed by atoms with Crippen molar-refractivity contribution in [2.75, 3.05) is 0 Å². The van der Waals surface area contributed by atoms with E-state index in [-0.39, 0.29) is 23.6 Å². The molecule has 4 heterocycles. The van der Waals surface area contributed by atoms with Crippen LogP contribution in [0.2, 0.25) is 0 Å². The van der Waals surface area contributed by atoms with Gasteiger partial charge >= 0.3 is 6.18 Å². The first kappa shape index (κ1) is 21.0. The number of nitrogens with one attached hydrogen (secondary N) is 1. The molecule has 1 N–H and O–H groups in total. The smallest absolute Gasteiger partial charge is 0.345 e. The number of carbonyl (C=O) groups is 1. The molecule has 0 saturated heterocycles. The van der Waals surface area contributed by atoms with Crippen LogP contribution in [0.25, 0.3) is 16.2 Å². The maximum atomic E-state index is 13.7. The van der Waals surface area contributed by atoms with Gasteiger partial charge in [0.05, 0.1) is 22.8 Å². The fourth-order valence-electron chi connectivity index (χ4n) is 3.05. The first-order valence-electron chi connectivity index (χ1n) is 9.66. The minimum absolute atomic E-state index is 0.0447. The monoisotopic (exact) mass is 448 g/mol. The van der Waals surface area contributed by atoms with Gasteiger partial charge in [-0.2, -0.15) is 23.4 Å². The number of fused-ring (bicyclic) bond motifs is 1. The average Bonchev–Trinajstić information content (AvgIpc) is 3.49. The van der Waals surface area contributed by atoms with Gasteiger partial charge in [-0.25, -0.2) is 9.50 Å². The molecule has 4 aromatic heterocycles. The van der Waals surface area contributed by atoms with Gasteiger partial charge in [-0.1, -0.05) is 6.92 Å². The van der Waals surface area contributed by atoms with E-state index < -0.39 is 17.8 Å². The second-order valence-corrected chi connectivity index (χ2v) is 7.96. The van der Waals surface area contributed by atoms with E-state index in [2.05, 4.69) is 20.5 Å². The molecule has 7 nitrogen and oxygen atoms in total. The van der Waals surface area contributed by atoms with Crippen LogP contribution in [0.3, 0.4) is 0 Å². The Balaban J connectivity index is 1.67. The van der Waals surface area contributed by atoms with E-state index >= 15 is 0 Å². The standard InChI is InChI=1S/C20H19F3N6OS/c1-3-13-5-6-16(31-13)14-9-17(20(21,22)23)29-18(25-14)10-15(27-29)19(30)24-11-12-7-8-28(4-2)26-12/h5-10H,3-4,11H2,1-2H3,(H,24,30). The highest BCUT2D eigenvalue weighted by Gasteiger charge is 2.35. The normalized spacial score (nSPS) is 11.9. The Morgan fingerprint density at radius 3 is 2.61 bits per heavy atom. The quantitative estimate of drug-likeness (QED) is 0.480. The number of carbonyl (C=O) groups excluding carboxylic acids is 1. The molecule has 1 amide bonds. The van der Waals surface area contributed by atoms with Crippen molar-refractivity contribution in [3.8, 4) is 10.6 Å². The van der Waals surface area contributed by atoms with Crippen molar-refractivity contribution >= 4 is 22.9 Å². The summed E-state index contributed by atoms with van der Waals surface area (Å²) in [7, 11) is 0. The number of nitrogens with zero attached hydrogens (tertiary/aromatic N) is 5. The van der Waals surface area contributed by atoms with Gasteiger partial charge in [0.2, 0.25) is 0 Å². The highest BCUT2D eigenvalue weighted by molar-refractivity contribution is 7.15. The number of aryl methyl sites for hydroxylation is 2. The summed E-state index contributed by atoms with van der Waals surface area (Å²) in [5.74, 6) is -0.601. The largest absolute Gasteiger partial charge is 0.433 e. The number of rotatable bonds is 6. The Labute approximate surface area is 179 Å². The Morgan fingerprint density at radius 2 is 1.97 bits per heavy atom. The number of alkyl halides is 3. The molecule has 0 spiro atoms. The zero-order chi connectivity index (χ0) is 22.2. The molecular weight excluding hydrogens is 429 g/mol. The second-order valence-electron chi connectivity index (χ2n) is 6.79. The molecule has 0 aromatic carbocycles. The molecule has 31 heavy (non-hydrogen) atoms. The molecule has 0 aliphatic heterocycles. The lowest BCUT2D eigenvalue weighted by molar-refractivity contribution is -0.142. The van der Waals surface area contributed by atoms with E-state index in [4.69, 9.17) is 0 Å². The van der Waals surface area contributed by atoms with Crippen LogP contribution >= 0.6 is 11.3 Å². The Hall–Kier alpha value is -3.21. The number of thiophene rings is 1. The highest BCUT2D eigenvalue weighted by atomic mass is 32.1. The molecular formula is C20H19F3N6OS. The Morgan fingerprint density at radius 1 is 1.16 bits per heavy atom. The van der Waals surface area contributed by atoms with E-state index in [9.17, 15) is 18.0 Å². The van der Waals surface area contributed by atoms with E-state index in [1.165, 1.54) is 17.4 Å². The third-order valence-electron chi connectivity index (χ3n) is 4.66. The van der Waals surface area contributed by atoms with Crippen molar-refractivity contribution in [3.63, 3.8) is 0 Å². The lowest BCUT2D eigenvalue weighted by atomic mass is 10.2. The number of aromatic nitrogens is 5. The molecule has 0 fully saturated rings. The molecule has 0 bridgehead atoms. The zero-order valence-electron chi connectivity index (χ0n) is 16.8. The third-order valence-corrected chi connectivity index (χ3v) is 5.91. The van der Waals surface area contributed by atoms with Crippen LogP contribution in [-0.2, 0) is 25.7 Å². The predicted octanol–water partition coefficient (Wildman–Crippen LogP) is 4.19. The van der Waals surface area contributed by atoms with Gasteiger partial charge in [0.25, 0.3) is 5.91 Å². The molecule has 11 heteroatoms. The van der Waals surface area contributed by atoms with Gasteiger partial charge in [-0.3, -0.25) is 9.48 Å². The van der Waals surface area contributed by atoms with Crippen molar-refractivity contribution in [1.29, 1.82) is 0 Å². The van der Waals surface area contributed by atoms with Crippen molar-refractivity contribution in [2.24, 2.45) is 0 Å². The molecule has 4 aromatic rings. The molecule has 0 aliphatic rings. The minimum Gasteiger partial charge on any atom is -0.345 e. The number of hydrogen-bond acceptors (Lipinski definition) is 5. The zero-order valence-corrected chi connectivity index (χ0v) is 17.6. The maximum absolute atomic E-state index is 13.7. The summed E-state index contributed by atoms with van der Waals surface area (Å²) in [5.41, 5.74) is -0.344. The molecule has 0 radical (unpaired) electrons. The van der Waals surface area contributed by atoms with Crippen LogP contribution in [0.4, 0.5) is 13.2 Å². The van der Waals surface area contributed by atoms with Gasteiger partial charge in [-0.05, 0) is 37.6 Å². The van der Waals surface area contributed by atoms with Gasteiger partial charge in [0.1, 0.15) is 0 Å². The van der Waals surface area contributed by atoms with Crippen LogP contribution < -0.4 is 5.32 Å². The lowest BCUT2D eigenvalue weighted by Crippen LogP contribution is -2.24. The number of halogens is 3. The van der Waals surface area contributed by atoms with Crippen molar-refractivity contribution < 1.29 is 18.0 Å². The van der Waals surface area contributed by atoms with Crippen LogP contribution in [0.5, 0.6) is 0 Å². The molecule has 0 atom stereocenters. The molecule has 162 valence electrons. The molecule has 0 unspecified atom stereocenters. The Kier molecular flexibility index (Phi) is 5.52. The van der Waals surface area contributed by atoms with Gasteiger partial charge in [-0.15, -0.1) is 11.3 Å². The first-order chi connectivity index (χ1) is 14.8. The summed E-state index contributed by atoms with van der Waals surface area (Å²) in [6.07, 6.45) is -2.10. The fraction of sp³-hybridized carbons (Fsp3) is 0.300. The minimum atomic E-state index is -4.66. The van der Waals surface area contributed by atoms with Crippen LogP contribution in [0.1, 0.15) is 40.6 Å². The summed E-state index contributed by atoms with van der Waals surface area (Å²) in [4.78, 5) is 18.5. The molecule has 0 saturated carbocycles. The summed E-state index contributed by atoms with van der Waals surface area (Å²) in [6, 6.07) is 7.60. The summed E-state index contributed by atoms with van der Waals surface area (Å²) in [6.45, 7) is 4.74. The average molecular weight is 448 g/mol. The van der Waals surface area contributed by atoms with Crippen LogP contribution in [0, 0.1) is 0 Å².